The quantitative estimate of drug-likeness (QED) is 0.593. The van der Waals surface area contributed by atoms with Gasteiger partial charge in [0.25, 0.3) is 0 Å². The maximum Gasteiger partial charge on any atom is 0.226 e. The van der Waals surface area contributed by atoms with Crippen LogP contribution in [0.4, 0.5) is 9.52 Å². The molecule has 0 saturated heterocycles. The van der Waals surface area contributed by atoms with Gasteiger partial charge in [0.05, 0.1) is 0 Å². The molecule has 1 N–H and O–H groups in total. The van der Waals surface area contributed by atoms with Gasteiger partial charge < -0.3 is 10.2 Å². The van der Waals surface area contributed by atoms with Crippen molar-refractivity contribution in [3.8, 4) is 0 Å². The van der Waals surface area contributed by atoms with Gasteiger partial charge in [-0.2, -0.15) is 0 Å². The fourth-order valence-corrected chi connectivity index (χ4v) is 3.75. The van der Waals surface area contributed by atoms with Crippen LogP contribution in [-0.4, -0.2) is 34.8 Å². The summed E-state index contributed by atoms with van der Waals surface area (Å²) >= 11 is 1.41. The van der Waals surface area contributed by atoms with Crippen molar-refractivity contribution in [2.24, 2.45) is 0 Å². The van der Waals surface area contributed by atoms with Crippen LogP contribution in [0.3, 0.4) is 0 Å². The van der Waals surface area contributed by atoms with Crippen molar-refractivity contribution in [2.45, 2.75) is 52.4 Å². The lowest BCUT2D eigenvalue weighted by atomic mass is 10.1. The summed E-state index contributed by atoms with van der Waals surface area (Å²) in [6.07, 6.45) is 5.47. The lowest BCUT2D eigenvalue weighted by Crippen LogP contribution is -2.32. The van der Waals surface area contributed by atoms with Gasteiger partial charge in [-0.05, 0) is 37.0 Å². The van der Waals surface area contributed by atoms with Crippen LogP contribution in [0, 0.1) is 5.82 Å². The summed E-state index contributed by atoms with van der Waals surface area (Å²) in [7, 11) is 0. The van der Waals surface area contributed by atoms with E-state index < -0.39 is 0 Å². The van der Waals surface area contributed by atoms with Gasteiger partial charge in [0.15, 0.2) is 5.13 Å². The number of hydrogen-bond acceptors (Lipinski definition) is 4. The third-order valence-corrected chi connectivity index (χ3v) is 5.14. The highest BCUT2D eigenvalue weighted by Gasteiger charge is 2.13. The summed E-state index contributed by atoms with van der Waals surface area (Å²) in [5.74, 6) is -0.271. The third kappa shape index (κ3) is 7.38. The number of carbonyl (C=O) groups excluding carboxylic acids is 2. The zero-order valence-corrected chi connectivity index (χ0v) is 17.4. The topological polar surface area (TPSA) is 62.3 Å². The van der Waals surface area contributed by atoms with Gasteiger partial charge in [-0.1, -0.05) is 26.0 Å². The van der Waals surface area contributed by atoms with E-state index in [-0.39, 0.29) is 17.6 Å². The van der Waals surface area contributed by atoms with Crippen molar-refractivity contribution in [1.82, 2.24) is 9.88 Å². The molecule has 152 valence electrons. The number of benzene rings is 1. The molecule has 1 heterocycles. The molecule has 0 aliphatic rings. The molecule has 28 heavy (non-hydrogen) atoms. The normalized spacial score (nSPS) is 10.7. The van der Waals surface area contributed by atoms with E-state index in [0.717, 1.165) is 36.4 Å². The number of halogens is 1. The summed E-state index contributed by atoms with van der Waals surface area (Å²) in [6, 6.07) is 6.35. The molecular formula is C21H28FN3O2S. The molecule has 2 rings (SSSR count). The number of hydrogen-bond donors (Lipinski definition) is 1. The van der Waals surface area contributed by atoms with Crippen LogP contribution in [0.5, 0.6) is 0 Å². The maximum absolute atomic E-state index is 13.0. The molecule has 0 spiro atoms. The Balaban J connectivity index is 1.75. The number of nitrogens with zero attached hydrogens (tertiary/aromatic N) is 2. The number of amides is 2. The average Bonchev–Trinajstić information content (AvgIpc) is 3.10. The predicted molar refractivity (Wildman–Crippen MR) is 111 cm³/mol. The minimum Gasteiger partial charge on any atom is -0.343 e. The molecule has 1 aromatic heterocycles. The SMILES string of the molecule is CCCN(CCC)C(=O)CCCC(=O)Nc1ncc(Cc2ccc(F)cc2)s1. The Kier molecular flexibility index (Phi) is 9.07. The maximum atomic E-state index is 13.0. The first kappa shape index (κ1) is 22.0. The molecule has 0 radical (unpaired) electrons. The van der Waals surface area contributed by atoms with E-state index >= 15 is 0 Å². The summed E-state index contributed by atoms with van der Waals surface area (Å²) < 4.78 is 13.0. The van der Waals surface area contributed by atoms with Crippen molar-refractivity contribution < 1.29 is 14.0 Å². The molecule has 0 atom stereocenters. The summed E-state index contributed by atoms with van der Waals surface area (Å²) in [5.41, 5.74) is 0.991. The molecule has 0 aliphatic carbocycles. The van der Waals surface area contributed by atoms with Crippen LogP contribution in [-0.2, 0) is 16.0 Å². The van der Waals surface area contributed by atoms with Gasteiger partial charge in [-0.3, -0.25) is 9.59 Å². The molecule has 5 nitrogen and oxygen atoms in total. The highest BCUT2D eigenvalue weighted by Crippen LogP contribution is 2.21. The fraction of sp³-hybridized carbons (Fsp3) is 0.476. The van der Waals surface area contributed by atoms with Crippen LogP contribution in [0.25, 0.3) is 0 Å². The molecule has 2 aromatic rings. The highest BCUT2D eigenvalue weighted by molar-refractivity contribution is 7.15. The van der Waals surface area contributed by atoms with Crippen LogP contribution in [0.15, 0.2) is 30.5 Å². The fourth-order valence-electron chi connectivity index (χ4n) is 2.89. The second kappa shape index (κ2) is 11.5. The van der Waals surface area contributed by atoms with E-state index in [2.05, 4.69) is 24.1 Å². The number of nitrogens with one attached hydrogen (secondary N) is 1. The van der Waals surface area contributed by atoms with Gasteiger partial charge in [0.1, 0.15) is 5.82 Å². The van der Waals surface area contributed by atoms with E-state index in [1.807, 2.05) is 4.90 Å². The number of thiazole rings is 1. The van der Waals surface area contributed by atoms with E-state index in [1.165, 1.54) is 23.5 Å². The van der Waals surface area contributed by atoms with Gasteiger partial charge in [-0.15, -0.1) is 11.3 Å². The molecule has 0 bridgehead atoms. The molecule has 1 aromatic carbocycles. The van der Waals surface area contributed by atoms with Crippen LogP contribution in [0.1, 0.15) is 56.4 Å². The minimum absolute atomic E-state index is 0.118. The van der Waals surface area contributed by atoms with E-state index in [9.17, 15) is 14.0 Å². The molecule has 0 saturated carbocycles. The van der Waals surface area contributed by atoms with Crippen molar-refractivity contribution in [3.05, 3.63) is 46.7 Å². The number of carbonyl (C=O) groups is 2. The zero-order chi connectivity index (χ0) is 20.4. The largest absolute Gasteiger partial charge is 0.343 e. The Labute approximate surface area is 170 Å². The highest BCUT2D eigenvalue weighted by atomic mass is 32.1. The molecule has 2 amide bonds. The lowest BCUT2D eigenvalue weighted by Gasteiger charge is -2.21. The number of aromatic nitrogens is 1. The average molecular weight is 406 g/mol. The smallest absolute Gasteiger partial charge is 0.226 e. The van der Waals surface area contributed by atoms with E-state index in [0.29, 0.717) is 30.8 Å². The third-order valence-electron chi connectivity index (χ3n) is 4.23. The first-order chi connectivity index (χ1) is 13.5. The zero-order valence-electron chi connectivity index (χ0n) is 16.5. The molecule has 0 aliphatic heterocycles. The molecule has 0 fully saturated rings. The molecule has 7 heteroatoms. The van der Waals surface area contributed by atoms with Crippen LogP contribution in [0.2, 0.25) is 0 Å². The first-order valence-electron chi connectivity index (χ1n) is 9.78. The molecular weight excluding hydrogens is 377 g/mol. The van der Waals surface area contributed by atoms with Crippen LogP contribution >= 0.6 is 11.3 Å². The van der Waals surface area contributed by atoms with Crippen molar-refractivity contribution >= 4 is 28.3 Å². The van der Waals surface area contributed by atoms with Gasteiger partial charge in [0.2, 0.25) is 11.8 Å². The monoisotopic (exact) mass is 405 g/mol. The van der Waals surface area contributed by atoms with Gasteiger partial charge in [0, 0.05) is 43.4 Å². The lowest BCUT2D eigenvalue weighted by molar-refractivity contribution is -0.131. The Bertz CT molecular complexity index is 755. The summed E-state index contributed by atoms with van der Waals surface area (Å²) in [4.78, 5) is 31.4. The minimum atomic E-state index is -0.257. The second-order valence-corrected chi connectivity index (χ2v) is 7.83. The summed E-state index contributed by atoms with van der Waals surface area (Å²) in [5, 5.41) is 3.34. The van der Waals surface area contributed by atoms with E-state index in [1.54, 1.807) is 18.3 Å². The van der Waals surface area contributed by atoms with Crippen molar-refractivity contribution in [1.29, 1.82) is 0 Å². The van der Waals surface area contributed by atoms with Crippen molar-refractivity contribution in [2.75, 3.05) is 18.4 Å². The molecule has 0 unspecified atom stereocenters. The van der Waals surface area contributed by atoms with Crippen molar-refractivity contribution in [3.63, 3.8) is 0 Å². The Morgan fingerprint density at radius 1 is 1.11 bits per heavy atom. The van der Waals surface area contributed by atoms with E-state index in [4.69, 9.17) is 0 Å². The Morgan fingerprint density at radius 3 is 2.43 bits per heavy atom. The number of rotatable bonds is 11. The first-order valence-corrected chi connectivity index (χ1v) is 10.6. The second-order valence-electron chi connectivity index (χ2n) is 6.72. The standard InChI is InChI=1S/C21H28FN3O2S/c1-3-12-25(13-4-2)20(27)7-5-6-19(26)24-21-23-15-18(28-21)14-16-8-10-17(22)11-9-16/h8-11,15H,3-7,12-14H2,1-2H3,(H,23,24,26). The Hall–Kier alpha value is -2.28. The Morgan fingerprint density at radius 2 is 1.79 bits per heavy atom. The predicted octanol–water partition coefficient (Wildman–Crippen LogP) is 4.63. The van der Waals surface area contributed by atoms with Crippen LogP contribution < -0.4 is 5.32 Å². The van der Waals surface area contributed by atoms with Gasteiger partial charge in [-0.25, -0.2) is 9.37 Å². The van der Waals surface area contributed by atoms with Gasteiger partial charge >= 0.3 is 0 Å². The summed E-state index contributed by atoms with van der Waals surface area (Å²) in [6.45, 7) is 5.66. The number of anilines is 1.